The van der Waals surface area contributed by atoms with Crippen molar-refractivity contribution in [1.29, 1.82) is 0 Å². The predicted molar refractivity (Wildman–Crippen MR) is 66.6 cm³/mol. The van der Waals surface area contributed by atoms with E-state index < -0.39 is 0 Å². The zero-order chi connectivity index (χ0) is 11.8. The predicted octanol–water partition coefficient (Wildman–Crippen LogP) is 1.98. The fourth-order valence-corrected chi connectivity index (χ4v) is 2.38. The lowest BCUT2D eigenvalue weighted by molar-refractivity contribution is 0.887. The van der Waals surface area contributed by atoms with Gasteiger partial charge >= 0.3 is 0 Å². The van der Waals surface area contributed by atoms with Gasteiger partial charge in [-0.05, 0) is 17.7 Å². The lowest BCUT2D eigenvalue weighted by Crippen LogP contribution is -2.15. The van der Waals surface area contributed by atoms with Crippen LogP contribution in [0.1, 0.15) is 17.0 Å². The Balaban J connectivity index is 2.13. The second-order valence-electron chi connectivity index (χ2n) is 3.98. The molecule has 3 rings (SSSR count). The van der Waals surface area contributed by atoms with Crippen molar-refractivity contribution in [1.82, 2.24) is 9.97 Å². The molecule has 1 unspecified atom stereocenters. The van der Waals surface area contributed by atoms with Crippen molar-refractivity contribution >= 4 is 17.4 Å². The van der Waals surface area contributed by atoms with Gasteiger partial charge in [-0.3, -0.25) is 4.79 Å². The third kappa shape index (κ3) is 1.70. The number of nitrogens with one attached hydrogen (secondary N) is 2. The van der Waals surface area contributed by atoms with E-state index in [0.717, 1.165) is 5.56 Å². The fourth-order valence-electron chi connectivity index (χ4n) is 2.18. The number of anilines is 1. The van der Waals surface area contributed by atoms with Gasteiger partial charge in [-0.25, -0.2) is 4.98 Å². The Morgan fingerprint density at radius 3 is 3.12 bits per heavy atom. The molecule has 2 aromatic rings. The lowest BCUT2D eigenvalue weighted by Gasteiger charge is -2.09. The molecule has 0 saturated heterocycles. The molecule has 1 aliphatic heterocycles. The van der Waals surface area contributed by atoms with Gasteiger partial charge in [-0.2, -0.15) is 0 Å². The van der Waals surface area contributed by atoms with Crippen LogP contribution in [0.3, 0.4) is 0 Å². The number of rotatable bonds is 1. The molecular weight excluding hydrogens is 238 g/mol. The molecule has 0 amide bonds. The summed E-state index contributed by atoms with van der Waals surface area (Å²) in [5.41, 5.74) is 1.63. The lowest BCUT2D eigenvalue weighted by atomic mass is 9.95. The molecule has 0 radical (unpaired) electrons. The number of aromatic nitrogens is 2. The average molecular weight is 248 g/mol. The van der Waals surface area contributed by atoms with Crippen LogP contribution in [0.15, 0.2) is 35.4 Å². The van der Waals surface area contributed by atoms with E-state index in [1.807, 2.05) is 24.3 Å². The Bertz CT molecular complexity index is 623. The Morgan fingerprint density at radius 1 is 1.41 bits per heavy atom. The molecule has 1 aromatic heterocycles. The van der Waals surface area contributed by atoms with Crippen LogP contribution in [-0.4, -0.2) is 16.5 Å². The summed E-state index contributed by atoms with van der Waals surface area (Å²) in [6.07, 6.45) is 1.41. The Labute approximate surface area is 103 Å². The molecule has 86 valence electrons. The summed E-state index contributed by atoms with van der Waals surface area (Å²) in [5.74, 6) is 0.680. The summed E-state index contributed by atoms with van der Waals surface area (Å²) in [6, 6.07) is 7.57. The van der Waals surface area contributed by atoms with Gasteiger partial charge in [0.25, 0.3) is 5.56 Å². The molecule has 0 fully saturated rings. The molecule has 1 aromatic carbocycles. The molecule has 5 heteroatoms. The van der Waals surface area contributed by atoms with Crippen LogP contribution in [-0.2, 0) is 0 Å². The van der Waals surface area contributed by atoms with E-state index in [2.05, 4.69) is 15.3 Å². The van der Waals surface area contributed by atoms with Crippen molar-refractivity contribution in [2.75, 3.05) is 11.9 Å². The minimum absolute atomic E-state index is 0.0150. The molecule has 4 nitrogen and oxygen atoms in total. The Kier molecular flexibility index (Phi) is 2.37. The van der Waals surface area contributed by atoms with E-state index >= 15 is 0 Å². The minimum Gasteiger partial charge on any atom is -0.369 e. The highest BCUT2D eigenvalue weighted by atomic mass is 35.5. The van der Waals surface area contributed by atoms with Gasteiger partial charge in [0.1, 0.15) is 5.82 Å². The molecular formula is C12H10ClN3O. The standard InChI is InChI=1S/C12H10ClN3O/c13-8-3-1-2-7(4-8)9-5-14-11-10(9)12(17)16-6-15-11/h1-4,6,9H,5H2,(H2,14,15,16,17). The minimum atomic E-state index is -0.0926. The van der Waals surface area contributed by atoms with Crippen LogP contribution < -0.4 is 10.9 Å². The highest BCUT2D eigenvalue weighted by molar-refractivity contribution is 6.30. The highest BCUT2D eigenvalue weighted by Gasteiger charge is 2.27. The summed E-state index contributed by atoms with van der Waals surface area (Å²) in [7, 11) is 0. The first kappa shape index (κ1) is 10.4. The number of aromatic amines is 1. The summed E-state index contributed by atoms with van der Waals surface area (Å²) >= 11 is 5.97. The smallest absolute Gasteiger partial charge is 0.256 e. The van der Waals surface area contributed by atoms with Crippen LogP contribution in [0.4, 0.5) is 5.82 Å². The van der Waals surface area contributed by atoms with E-state index in [0.29, 0.717) is 22.9 Å². The fraction of sp³-hybridized carbons (Fsp3) is 0.167. The van der Waals surface area contributed by atoms with Crippen molar-refractivity contribution in [2.24, 2.45) is 0 Å². The van der Waals surface area contributed by atoms with E-state index in [4.69, 9.17) is 11.6 Å². The third-order valence-corrected chi connectivity index (χ3v) is 3.20. The summed E-state index contributed by atoms with van der Waals surface area (Å²) in [6.45, 7) is 0.676. The molecule has 2 heterocycles. The van der Waals surface area contributed by atoms with Crippen molar-refractivity contribution in [2.45, 2.75) is 5.92 Å². The van der Waals surface area contributed by atoms with Crippen molar-refractivity contribution < 1.29 is 0 Å². The summed E-state index contributed by atoms with van der Waals surface area (Å²) < 4.78 is 0. The van der Waals surface area contributed by atoms with Gasteiger partial charge in [-0.1, -0.05) is 23.7 Å². The van der Waals surface area contributed by atoms with Gasteiger partial charge in [0, 0.05) is 17.5 Å². The van der Waals surface area contributed by atoms with Crippen LogP contribution >= 0.6 is 11.6 Å². The van der Waals surface area contributed by atoms with E-state index in [1.54, 1.807) is 0 Å². The first-order chi connectivity index (χ1) is 8.25. The number of halogens is 1. The summed E-state index contributed by atoms with van der Waals surface area (Å²) in [5, 5.41) is 3.81. The largest absolute Gasteiger partial charge is 0.369 e. The number of hydrogen-bond acceptors (Lipinski definition) is 3. The van der Waals surface area contributed by atoms with E-state index in [1.165, 1.54) is 6.33 Å². The zero-order valence-corrected chi connectivity index (χ0v) is 9.66. The first-order valence-electron chi connectivity index (χ1n) is 5.32. The zero-order valence-electron chi connectivity index (χ0n) is 8.90. The number of hydrogen-bond donors (Lipinski definition) is 2. The number of benzene rings is 1. The van der Waals surface area contributed by atoms with Crippen LogP contribution in [0, 0.1) is 0 Å². The maximum absolute atomic E-state index is 11.8. The Morgan fingerprint density at radius 2 is 2.29 bits per heavy atom. The van der Waals surface area contributed by atoms with Gasteiger partial charge in [0.05, 0.1) is 11.9 Å². The van der Waals surface area contributed by atoms with Crippen molar-refractivity contribution in [3.8, 4) is 0 Å². The third-order valence-electron chi connectivity index (χ3n) is 2.96. The van der Waals surface area contributed by atoms with Gasteiger partial charge < -0.3 is 10.3 Å². The Hall–Kier alpha value is -1.81. The monoisotopic (exact) mass is 247 g/mol. The molecule has 2 N–H and O–H groups in total. The van der Waals surface area contributed by atoms with Crippen LogP contribution in [0.5, 0.6) is 0 Å². The van der Waals surface area contributed by atoms with Crippen molar-refractivity contribution in [3.63, 3.8) is 0 Å². The maximum atomic E-state index is 11.8. The SMILES string of the molecule is O=c1[nH]cnc2c1C(c1cccc(Cl)c1)CN2. The van der Waals surface area contributed by atoms with Crippen molar-refractivity contribution in [3.05, 3.63) is 57.1 Å². The topological polar surface area (TPSA) is 57.8 Å². The normalized spacial score (nSPS) is 17.6. The molecule has 0 bridgehead atoms. The number of nitrogens with zero attached hydrogens (tertiary/aromatic N) is 1. The van der Waals surface area contributed by atoms with Crippen LogP contribution in [0.2, 0.25) is 5.02 Å². The van der Waals surface area contributed by atoms with E-state index in [9.17, 15) is 4.79 Å². The molecule has 17 heavy (non-hydrogen) atoms. The molecule has 1 atom stereocenters. The van der Waals surface area contributed by atoms with Gasteiger partial charge in [0.15, 0.2) is 0 Å². The molecule has 0 aliphatic carbocycles. The van der Waals surface area contributed by atoms with Gasteiger partial charge in [0.2, 0.25) is 0 Å². The first-order valence-corrected chi connectivity index (χ1v) is 5.70. The highest BCUT2D eigenvalue weighted by Crippen LogP contribution is 2.32. The van der Waals surface area contributed by atoms with E-state index in [-0.39, 0.29) is 11.5 Å². The molecule has 0 saturated carbocycles. The average Bonchev–Trinajstić information content (AvgIpc) is 2.74. The quantitative estimate of drug-likeness (QED) is 0.810. The molecule has 0 spiro atoms. The van der Waals surface area contributed by atoms with Crippen LogP contribution in [0.25, 0.3) is 0 Å². The molecule has 1 aliphatic rings. The summed E-state index contributed by atoms with van der Waals surface area (Å²) in [4.78, 5) is 18.5. The second-order valence-corrected chi connectivity index (χ2v) is 4.42. The maximum Gasteiger partial charge on any atom is 0.256 e. The van der Waals surface area contributed by atoms with Gasteiger partial charge in [-0.15, -0.1) is 0 Å². The number of fused-ring (bicyclic) bond motifs is 1. The number of H-pyrrole nitrogens is 1. The second kappa shape index (κ2) is 3.89.